The number of piperazine rings is 1. The van der Waals surface area contributed by atoms with E-state index in [1.807, 2.05) is 42.2 Å². The predicted octanol–water partition coefficient (Wildman–Crippen LogP) is 3.42. The first-order chi connectivity index (χ1) is 16.9. The van der Waals surface area contributed by atoms with E-state index in [0.29, 0.717) is 39.1 Å². The second-order valence-electron chi connectivity index (χ2n) is 9.59. The highest BCUT2D eigenvalue weighted by Gasteiger charge is 2.38. The SMILES string of the molecule is Cc1cc(N2CCN(C(=O)C3Cc4ccccc4CN3C(=O)c3ccco3)CC2)nc(C(C)C)n1. The zero-order chi connectivity index (χ0) is 24.5. The number of aryl methyl sites for hydroxylation is 1. The fourth-order valence-electron chi connectivity index (χ4n) is 4.86. The van der Waals surface area contributed by atoms with Gasteiger partial charge in [-0.15, -0.1) is 0 Å². The standard InChI is InChI=1S/C27H31N5O3/c1-18(2)25-28-19(3)15-24(29-25)30-10-12-31(13-11-30)26(33)22-16-20-7-4-5-8-21(20)17-32(22)27(34)23-9-6-14-35-23/h4-9,14-15,18,22H,10-13,16-17H2,1-3H3. The van der Waals surface area contributed by atoms with Crippen LogP contribution < -0.4 is 4.90 Å². The van der Waals surface area contributed by atoms with E-state index < -0.39 is 6.04 Å². The Morgan fingerprint density at radius 2 is 1.74 bits per heavy atom. The third-order valence-corrected chi connectivity index (χ3v) is 6.82. The zero-order valence-electron chi connectivity index (χ0n) is 20.5. The van der Waals surface area contributed by atoms with Crippen LogP contribution in [-0.4, -0.2) is 63.8 Å². The van der Waals surface area contributed by atoms with Crippen molar-refractivity contribution in [3.05, 3.63) is 77.1 Å². The lowest BCUT2D eigenvalue weighted by Gasteiger charge is -2.41. The third kappa shape index (κ3) is 4.65. The Morgan fingerprint density at radius 1 is 1.00 bits per heavy atom. The highest BCUT2D eigenvalue weighted by Crippen LogP contribution is 2.27. The fraction of sp³-hybridized carbons (Fsp3) is 0.407. The van der Waals surface area contributed by atoms with Crippen molar-refractivity contribution in [2.75, 3.05) is 31.1 Å². The van der Waals surface area contributed by atoms with Crippen molar-refractivity contribution in [3.8, 4) is 0 Å². The summed E-state index contributed by atoms with van der Waals surface area (Å²) < 4.78 is 5.37. The Bertz CT molecular complexity index is 1220. The maximum absolute atomic E-state index is 13.7. The van der Waals surface area contributed by atoms with Gasteiger partial charge in [-0.05, 0) is 30.2 Å². The monoisotopic (exact) mass is 473 g/mol. The maximum Gasteiger partial charge on any atom is 0.290 e. The minimum atomic E-state index is -0.553. The average Bonchev–Trinajstić information content (AvgIpc) is 3.42. The Kier molecular flexibility index (Phi) is 6.28. The van der Waals surface area contributed by atoms with Gasteiger partial charge in [-0.25, -0.2) is 9.97 Å². The van der Waals surface area contributed by atoms with Crippen LogP contribution in [0.2, 0.25) is 0 Å². The molecule has 8 heteroatoms. The lowest BCUT2D eigenvalue weighted by molar-refractivity contribution is -0.137. The quantitative estimate of drug-likeness (QED) is 0.578. The Hall–Kier alpha value is -3.68. The number of furan rings is 1. The van der Waals surface area contributed by atoms with E-state index >= 15 is 0 Å². The molecule has 1 unspecified atom stereocenters. The van der Waals surface area contributed by atoms with Gasteiger partial charge in [0.25, 0.3) is 5.91 Å². The Balaban J connectivity index is 1.33. The highest BCUT2D eigenvalue weighted by atomic mass is 16.3. The van der Waals surface area contributed by atoms with E-state index in [2.05, 4.69) is 23.7 Å². The van der Waals surface area contributed by atoms with Crippen molar-refractivity contribution in [2.45, 2.75) is 45.7 Å². The summed E-state index contributed by atoms with van der Waals surface area (Å²) in [5, 5.41) is 0. The number of aromatic nitrogens is 2. The molecule has 2 aliphatic heterocycles. The van der Waals surface area contributed by atoms with E-state index in [4.69, 9.17) is 9.40 Å². The fourth-order valence-corrected chi connectivity index (χ4v) is 4.86. The summed E-state index contributed by atoms with van der Waals surface area (Å²) in [6.45, 7) is 9.11. The van der Waals surface area contributed by atoms with Gasteiger partial charge in [-0.1, -0.05) is 38.1 Å². The van der Waals surface area contributed by atoms with E-state index in [1.54, 1.807) is 17.0 Å². The van der Waals surface area contributed by atoms with Gasteiger partial charge in [0.2, 0.25) is 5.91 Å². The first-order valence-electron chi connectivity index (χ1n) is 12.2. The molecule has 0 aliphatic carbocycles. The summed E-state index contributed by atoms with van der Waals surface area (Å²) in [7, 11) is 0. The number of carbonyl (C=O) groups excluding carboxylic acids is 2. The molecule has 35 heavy (non-hydrogen) atoms. The Labute approximate surface area is 205 Å². The summed E-state index contributed by atoms with van der Waals surface area (Å²) in [5.74, 6) is 2.00. The number of carbonyl (C=O) groups is 2. The van der Waals surface area contributed by atoms with Crippen molar-refractivity contribution in [1.29, 1.82) is 0 Å². The molecule has 0 bridgehead atoms. The molecule has 2 amide bonds. The van der Waals surface area contributed by atoms with Crippen molar-refractivity contribution in [3.63, 3.8) is 0 Å². The van der Waals surface area contributed by atoms with Crippen molar-refractivity contribution >= 4 is 17.6 Å². The van der Waals surface area contributed by atoms with Crippen LogP contribution in [0.3, 0.4) is 0 Å². The molecule has 2 aromatic heterocycles. The molecule has 1 fully saturated rings. The molecule has 3 aromatic rings. The molecular weight excluding hydrogens is 442 g/mol. The largest absolute Gasteiger partial charge is 0.459 e. The lowest BCUT2D eigenvalue weighted by Crippen LogP contribution is -2.57. The summed E-state index contributed by atoms with van der Waals surface area (Å²) in [4.78, 5) is 42.1. The average molecular weight is 474 g/mol. The van der Waals surface area contributed by atoms with Crippen LogP contribution in [0.25, 0.3) is 0 Å². The van der Waals surface area contributed by atoms with Gasteiger partial charge < -0.3 is 19.1 Å². The Morgan fingerprint density at radius 3 is 2.43 bits per heavy atom. The molecule has 1 atom stereocenters. The number of rotatable bonds is 4. The van der Waals surface area contributed by atoms with Crippen LogP contribution in [0.15, 0.2) is 53.1 Å². The van der Waals surface area contributed by atoms with Crippen LogP contribution in [0.4, 0.5) is 5.82 Å². The number of hydrogen-bond donors (Lipinski definition) is 0. The van der Waals surface area contributed by atoms with Gasteiger partial charge >= 0.3 is 0 Å². The summed E-state index contributed by atoms with van der Waals surface area (Å²) in [5.41, 5.74) is 3.14. The van der Waals surface area contributed by atoms with Gasteiger partial charge in [-0.3, -0.25) is 9.59 Å². The van der Waals surface area contributed by atoms with Crippen LogP contribution in [0, 0.1) is 6.92 Å². The van der Waals surface area contributed by atoms with E-state index in [1.165, 1.54) is 6.26 Å². The van der Waals surface area contributed by atoms with Crippen LogP contribution in [0.5, 0.6) is 0 Å². The van der Waals surface area contributed by atoms with Crippen molar-refractivity contribution in [2.24, 2.45) is 0 Å². The van der Waals surface area contributed by atoms with Crippen LogP contribution >= 0.6 is 0 Å². The number of anilines is 1. The number of amides is 2. The molecule has 1 aromatic carbocycles. The van der Waals surface area contributed by atoms with Gasteiger partial charge in [0, 0.05) is 56.8 Å². The molecule has 0 spiro atoms. The molecule has 182 valence electrons. The molecule has 8 nitrogen and oxygen atoms in total. The van der Waals surface area contributed by atoms with Crippen molar-refractivity contribution in [1.82, 2.24) is 19.8 Å². The van der Waals surface area contributed by atoms with E-state index in [9.17, 15) is 9.59 Å². The van der Waals surface area contributed by atoms with E-state index in [0.717, 1.165) is 28.5 Å². The summed E-state index contributed by atoms with van der Waals surface area (Å²) in [6, 6.07) is 12.8. The number of hydrogen-bond acceptors (Lipinski definition) is 6. The molecule has 4 heterocycles. The molecule has 0 saturated carbocycles. The normalized spacial score (nSPS) is 18.1. The summed E-state index contributed by atoms with van der Waals surface area (Å²) in [6.07, 6.45) is 1.99. The number of benzene rings is 1. The lowest BCUT2D eigenvalue weighted by atomic mass is 9.92. The highest BCUT2D eigenvalue weighted by molar-refractivity contribution is 5.96. The van der Waals surface area contributed by atoms with Crippen molar-refractivity contribution < 1.29 is 14.0 Å². The van der Waals surface area contributed by atoms with Gasteiger partial charge in [0.05, 0.1) is 6.26 Å². The molecule has 1 saturated heterocycles. The predicted molar refractivity (Wildman–Crippen MR) is 132 cm³/mol. The molecule has 2 aliphatic rings. The maximum atomic E-state index is 13.7. The first kappa shape index (κ1) is 23.1. The third-order valence-electron chi connectivity index (χ3n) is 6.82. The minimum Gasteiger partial charge on any atom is -0.459 e. The number of nitrogens with zero attached hydrogens (tertiary/aromatic N) is 5. The van der Waals surface area contributed by atoms with Crippen LogP contribution in [-0.2, 0) is 17.8 Å². The molecular formula is C27H31N5O3. The molecule has 0 radical (unpaired) electrons. The van der Waals surface area contributed by atoms with E-state index in [-0.39, 0.29) is 23.5 Å². The van der Waals surface area contributed by atoms with Gasteiger partial charge in [0.15, 0.2) is 5.76 Å². The van der Waals surface area contributed by atoms with Gasteiger partial charge in [0.1, 0.15) is 17.7 Å². The zero-order valence-corrected chi connectivity index (χ0v) is 20.5. The topological polar surface area (TPSA) is 82.8 Å². The van der Waals surface area contributed by atoms with Gasteiger partial charge in [-0.2, -0.15) is 0 Å². The smallest absolute Gasteiger partial charge is 0.290 e. The van der Waals surface area contributed by atoms with Crippen LogP contribution in [0.1, 0.15) is 53.0 Å². The summed E-state index contributed by atoms with van der Waals surface area (Å²) >= 11 is 0. The number of fused-ring (bicyclic) bond motifs is 1. The minimum absolute atomic E-state index is 0.0132. The second kappa shape index (κ2) is 9.52. The molecule has 5 rings (SSSR count). The first-order valence-corrected chi connectivity index (χ1v) is 12.2. The second-order valence-corrected chi connectivity index (χ2v) is 9.59. The molecule has 0 N–H and O–H groups in total.